The van der Waals surface area contributed by atoms with Gasteiger partial charge in [0.2, 0.25) is 5.89 Å². The van der Waals surface area contributed by atoms with Gasteiger partial charge in [-0.3, -0.25) is 4.79 Å². The summed E-state index contributed by atoms with van der Waals surface area (Å²) in [5, 5.41) is 3.83. The number of methoxy groups -OCH3 is 1. The molecule has 0 spiro atoms. The molecule has 0 N–H and O–H groups in total. The zero-order valence-corrected chi connectivity index (χ0v) is 13.2. The van der Waals surface area contributed by atoms with Crippen molar-refractivity contribution in [2.75, 3.05) is 7.11 Å². The third-order valence-electron chi connectivity index (χ3n) is 3.05. The maximum Gasteiger partial charge on any atom is 0.337 e. The monoisotopic (exact) mass is 318 g/mol. The van der Waals surface area contributed by atoms with E-state index < -0.39 is 11.9 Å². The van der Waals surface area contributed by atoms with Crippen LogP contribution in [0, 0.1) is 0 Å². The molecule has 0 bridgehead atoms. The van der Waals surface area contributed by atoms with Gasteiger partial charge in [-0.25, -0.2) is 4.79 Å². The first-order valence-corrected chi connectivity index (χ1v) is 7.21. The van der Waals surface area contributed by atoms with E-state index in [0.717, 1.165) is 0 Å². The average Bonchev–Trinajstić information content (AvgIpc) is 3.02. The lowest BCUT2D eigenvalue weighted by Crippen LogP contribution is -2.09. The van der Waals surface area contributed by atoms with Crippen LogP contribution < -0.4 is 4.74 Å². The number of hydrogen-bond donors (Lipinski definition) is 0. The van der Waals surface area contributed by atoms with E-state index in [1.807, 2.05) is 13.8 Å². The van der Waals surface area contributed by atoms with Crippen molar-refractivity contribution >= 4 is 11.9 Å². The van der Waals surface area contributed by atoms with Crippen molar-refractivity contribution < 1.29 is 23.6 Å². The molecular weight excluding hydrogens is 300 g/mol. The summed E-state index contributed by atoms with van der Waals surface area (Å²) >= 11 is 0. The van der Waals surface area contributed by atoms with Gasteiger partial charge in [-0.2, -0.15) is 4.98 Å². The van der Waals surface area contributed by atoms with Crippen LogP contribution in [0.25, 0.3) is 0 Å². The zero-order valence-electron chi connectivity index (χ0n) is 13.2. The molecule has 1 aromatic carbocycles. The Bertz CT molecular complexity index is 676. The first-order valence-electron chi connectivity index (χ1n) is 7.21. The minimum absolute atomic E-state index is 0.123. The number of ether oxygens (including phenoxy) is 2. The number of benzene rings is 1. The van der Waals surface area contributed by atoms with Gasteiger partial charge in [-0.05, 0) is 24.3 Å². The van der Waals surface area contributed by atoms with Crippen LogP contribution in [0.1, 0.15) is 48.3 Å². The van der Waals surface area contributed by atoms with Crippen LogP contribution in [-0.2, 0) is 16.0 Å². The normalized spacial score (nSPS) is 10.6. The molecule has 0 amide bonds. The molecule has 0 saturated carbocycles. The van der Waals surface area contributed by atoms with Gasteiger partial charge in [0.25, 0.3) is 0 Å². The largest absolute Gasteiger partial charge is 0.465 e. The Morgan fingerprint density at radius 2 is 1.91 bits per heavy atom. The maximum absolute atomic E-state index is 11.8. The van der Waals surface area contributed by atoms with Gasteiger partial charge in [-0.1, -0.05) is 19.0 Å². The molecule has 2 rings (SSSR count). The standard InChI is InChI=1S/C16H18N2O5/c1-10(2)15-17-13(23-18-15)8-9-14(19)22-12-6-4-11(5-7-12)16(20)21-3/h4-7,10H,8-9H2,1-3H3. The van der Waals surface area contributed by atoms with Gasteiger partial charge in [-0.15, -0.1) is 0 Å². The molecule has 1 aromatic heterocycles. The van der Waals surface area contributed by atoms with E-state index in [4.69, 9.17) is 9.26 Å². The number of esters is 2. The number of nitrogens with zero attached hydrogens (tertiary/aromatic N) is 2. The van der Waals surface area contributed by atoms with E-state index in [0.29, 0.717) is 29.4 Å². The highest BCUT2D eigenvalue weighted by atomic mass is 16.5. The molecule has 23 heavy (non-hydrogen) atoms. The summed E-state index contributed by atoms with van der Waals surface area (Å²) in [4.78, 5) is 27.3. The highest BCUT2D eigenvalue weighted by Crippen LogP contribution is 2.15. The van der Waals surface area contributed by atoms with Gasteiger partial charge in [0.15, 0.2) is 5.82 Å². The number of carbonyl (C=O) groups excluding carboxylic acids is 2. The Morgan fingerprint density at radius 3 is 2.48 bits per heavy atom. The van der Waals surface area contributed by atoms with E-state index in [2.05, 4.69) is 14.9 Å². The van der Waals surface area contributed by atoms with Gasteiger partial charge in [0.1, 0.15) is 5.75 Å². The van der Waals surface area contributed by atoms with E-state index in [-0.39, 0.29) is 12.3 Å². The predicted octanol–water partition coefficient (Wildman–Crippen LogP) is 2.52. The van der Waals surface area contributed by atoms with Gasteiger partial charge < -0.3 is 14.0 Å². The summed E-state index contributed by atoms with van der Waals surface area (Å²) in [6.45, 7) is 3.92. The summed E-state index contributed by atoms with van der Waals surface area (Å²) in [7, 11) is 1.30. The fraction of sp³-hybridized carbons (Fsp3) is 0.375. The van der Waals surface area contributed by atoms with Crippen LogP contribution in [0.15, 0.2) is 28.8 Å². The molecule has 2 aromatic rings. The lowest BCUT2D eigenvalue weighted by molar-refractivity contribution is -0.134. The van der Waals surface area contributed by atoms with Gasteiger partial charge in [0, 0.05) is 12.3 Å². The highest BCUT2D eigenvalue weighted by molar-refractivity contribution is 5.89. The molecule has 0 aliphatic rings. The van der Waals surface area contributed by atoms with Crippen molar-refractivity contribution in [3.8, 4) is 5.75 Å². The second-order valence-corrected chi connectivity index (χ2v) is 5.19. The number of aryl methyl sites for hydroxylation is 1. The molecule has 0 aliphatic carbocycles. The van der Waals surface area contributed by atoms with Crippen LogP contribution in [0.5, 0.6) is 5.75 Å². The third-order valence-corrected chi connectivity index (χ3v) is 3.05. The summed E-state index contributed by atoms with van der Waals surface area (Å²) in [5.41, 5.74) is 0.388. The van der Waals surface area contributed by atoms with E-state index in [1.165, 1.54) is 31.4 Å². The van der Waals surface area contributed by atoms with Crippen LogP contribution >= 0.6 is 0 Å². The number of aromatic nitrogens is 2. The zero-order chi connectivity index (χ0) is 16.8. The Labute approximate surface area is 133 Å². The third kappa shape index (κ3) is 4.64. The quantitative estimate of drug-likeness (QED) is 0.597. The molecule has 7 nitrogen and oxygen atoms in total. The predicted molar refractivity (Wildman–Crippen MR) is 80.1 cm³/mol. The van der Waals surface area contributed by atoms with Crippen molar-refractivity contribution in [1.29, 1.82) is 0 Å². The molecule has 7 heteroatoms. The van der Waals surface area contributed by atoms with Crippen molar-refractivity contribution in [3.63, 3.8) is 0 Å². The van der Waals surface area contributed by atoms with E-state index in [9.17, 15) is 9.59 Å². The highest BCUT2D eigenvalue weighted by Gasteiger charge is 2.13. The molecule has 0 fully saturated rings. The second-order valence-electron chi connectivity index (χ2n) is 5.19. The molecular formula is C16H18N2O5. The molecule has 0 aliphatic heterocycles. The van der Waals surface area contributed by atoms with E-state index in [1.54, 1.807) is 0 Å². The Morgan fingerprint density at radius 1 is 1.22 bits per heavy atom. The van der Waals surface area contributed by atoms with Gasteiger partial charge >= 0.3 is 11.9 Å². The number of rotatable bonds is 6. The Hall–Kier alpha value is -2.70. The van der Waals surface area contributed by atoms with Crippen molar-refractivity contribution in [2.24, 2.45) is 0 Å². The van der Waals surface area contributed by atoms with Crippen LogP contribution in [-0.4, -0.2) is 29.2 Å². The average molecular weight is 318 g/mol. The Kier molecular flexibility index (Phi) is 5.46. The fourth-order valence-electron chi connectivity index (χ4n) is 1.77. The summed E-state index contributed by atoms with van der Waals surface area (Å²) in [5.74, 6) is 0.697. The lowest BCUT2D eigenvalue weighted by atomic mass is 10.2. The first kappa shape index (κ1) is 16.7. The van der Waals surface area contributed by atoms with Crippen molar-refractivity contribution in [3.05, 3.63) is 41.5 Å². The van der Waals surface area contributed by atoms with Gasteiger partial charge in [0.05, 0.1) is 19.1 Å². The van der Waals surface area contributed by atoms with Crippen LogP contribution in [0.4, 0.5) is 0 Å². The first-order chi connectivity index (χ1) is 11.0. The number of carbonyl (C=O) groups is 2. The number of hydrogen-bond acceptors (Lipinski definition) is 7. The molecule has 0 atom stereocenters. The second kappa shape index (κ2) is 7.53. The Balaban J connectivity index is 1.85. The molecule has 0 unspecified atom stereocenters. The topological polar surface area (TPSA) is 91.5 Å². The summed E-state index contributed by atoms with van der Waals surface area (Å²) in [6.07, 6.45) is 0.442. The SMILES string of the molecule is COC(=O)c1ccc(OC(=O)CCc2nc(C(C)C)no2)cc1. The molecule has 0 saturated heterocycles. The van der Waals surface area contributed by atoms with Crippen LogP contribution in [0.3, 0.4) is 0 Å². The smallest absolute Gasteiger partial charge is 0.337 e. The molecule has 0 radical (unpaired) electrons. The molecule has 1 heterocycles. The minimum atomic E-state index is -0.444. The van der Waals surface area contributed by atoms with Crippen molar-refractivity contribution in [1.82, 2.24) is 10.1 Å². The van der Waals surface area contributed by atoms with Crippen LogP contribution in [0.2, 0.25) is 0 Å². The summed E-state index contributed by atoms with van der Waals surface area (Å²) in [6, 6.07) is 6.13. The molecule has 122 valence electrons. The lowest BCUT2D eigenvalue weighted by Gasteiger charge is -2.04. The summed E-state index contributed by atoms with van der Waals surface area (Å²) < 4.78 is 14.8. The van der Waals surface area contributed by atoms with E-state index >= 15 is 0 Å². The maximum atomic E-state index is 11.8. The minimum Gasteiger partial charge on any atom is -0.465 e. The fourth-order valence-corrected chi connectivity index (χ4v) is 1.77. The van der Waals surface area contributed by atoms with Crippen molar-refractivity contribution in [2.45, 2.75) is 32.6 Å².